The van der Waals surface area contributed by atoms with Crippen molar-refractivity contribution in [3.05, 3.63) is 17.7 Å². The lowest BCUT2D eigenvalue weighted by molar-refractivity contribution is -0.132. The van der Waals surface area contributed by atoms with Crippen LogP contribution in [0.1, 0.15) is 68.1 Å². The predicted molar refractivity (Wildman–Crippen MR) is 104 cm³/mol. The molecule has 0 atom stereocenters. The molecule has 7 heteroatoms. The summed E-state index contributed by atoms with van der Waals surface area (Å²) in [4.78, 5) is 26.7. The van der Waals surface area contributed by atoms with Gasteiger partial charge in [-0.15, -0.1) is 0 Å². The van der Waals surface area contributed by atoms with Crippen LogP contribution >= 0.6 is 0 Å². The van der Waals surface area contributed by atoms with Crippen LogP contribution in [0.4, 0.5) is 0 Å². The molecule has 0 aromatic heterocycles. The van der Waals surface area contributed by atoms with Crippen LogP contribution in [-0.4, -0.2) is 51.2 Å². The maximum atomic E-state index is 12.5. The minimum atomic E-state index is -0.642. The van der Waals surface area contributed by atoms with Gasteiger partial charge in [-0.1, -0.05) is 32.1 Å². The number of carbonyl (C=O) groups excluding carboxylic acids is 2. The van der Waals surface area contributed by atoms with E-state index in [2.05, 4.69) is 5.32 Å². The van der Waals surface area contributed by atoms with Crippen molar-refractivity contribution in [2.24, 2.45) is 5.92 Å². The molecule has 0 bridgehead atoms. The third kappa shape index (κ3) is 5.09. The Morgan fingerprint density at radius 3 is 2.18 bits per heavy atom. The van der Waals surface area contributed by atoms with Crippen molar-refractivity contribution < 1.29 is 24.9 Å². The van der Waals surface area contributed by atoms with Crippen LogP contribution in [0.25, 0.3) is 0 Å². The van der Waals surface area contributed by atoms with E-state index in [1.165, 1.54) is 32.1 Å². The Labute approximate surface area is 165 Å². The van der Waals surface area contributed by atoms with Crippen molar-refractivity contribution in [2.75, 3.05) is 13.1 Å². The normalized spacial score (nSPS) is 18.8. The Morgan fingerprint density at radius 1 is 0.964 bits per heavy atom. The van der Waals surface area contributed by atoms with Crippen LogP contribution in [0.3, 0.4) is 0 Å². The zero-order valence-electron chi connectivity index (χ0n) is 16.2. The van der Waals surface area contributed by atoms with E-state index in [4.69, 9.17) is 0 Å². The molecule has 0 radical (unpaired) electrons. The number of piperidine rings is 1. The van der Waals surface area contributed by atoms with Crippen molar-refractivity contribution >= 4 is 11.8 Å². The predicted octanol–water partition coefficient (Wildman–Crippen LogP) is 2.88. The molecular formula is C21H30N2O5. The number of hydrogen-bond donors (Lipinski definition) is 4. The van der Waals surface area contributed by atoms with Gasteiger partial charge >= 0.3 is 0 Å². The van der Waals surface area contributed by atoms with Crippen molar-refractivity contribution in [2.45, 2.75) is 63.8 Å². The number of phenols is 3. The Kier molecular flexibility index (Phi) is 6.65. The average Bonchev–Trinajstić information content (AvgIpc) is 2.71. The third-order valence-electron chi connectivity index (χ3n) is 6.01. The molecule has 1 heterocycles. The second-order valence-electron chi connectivity index (χ2n) is 8.03. The first kappa shape index (κ1) is 20.3. The summed E-state index contributed by atoms with van der Waals surface area (Å²) in [7, 11) is 0. The summed E-state index contributed by atoms with van der Waals surface area (Å²) in [5.41, 5.74) is 0.0822. The number of rotatable bonds is 5. The lowest BCUT2D eigenvalue weighted by Gasteiger charge is -2.33. The summed E-state index contributed by atoms with van der Waals surface area (Å²) in [6.07, 6.45) is 9.38. The minimum absolute atomic E-state index is 0.0621. The fraction of sp³-hybridized carbons (Fsp3) is 0.619. The number of nitrogens with zero attached hydrogens (tertiary/aromatic N) is 1. The first-order valence-corrected chi connectivity index (χ1v) is 10.3. The molecule has 1 aromatic rings. The molecule has 1 aliphatic carbocycles. The van der Waals surface area contributed by atoms with Crippen LogP contribution in [0.2, 0.25) is 0 Å². The molecule has 1 aromatic carbocycles. The average molecular weight is 390 g/mol. The smallest absolute Gasteiger partial charge is 0.251 e. The number of amides is 2. The maximum absolute atomic E-state index is 12.5. The number of aromatic hydroxyl groups is 3. The molecule has 154 valence electrons. The molecule has 4 N–H and O–H groups in total. The standard InChI is InChI=1S/C21H30N2O5/c24-17-12-15(13-18(25)20(17)27)21(28)22-16-8-10-23(11-9-16)19(26)7-6-14-4-2-1-3-5-14/h12-14,16,24-25,27H,1-11H2,(H,22,28). The fourth-order valence-electron chi connectivity index (χ4n) is 4.24. The van der Waals surface area contributed by atoms with Gasteiger partial charge in [0, 0.05) is 31.1 Å². The zero-order valence-corrected chi connectivity index (χ0v) is 16.2. The highest BCUT2D eigenvalue weighted by Gasteiger charge is 2.25. The second kappa shape index (κ2) is 9.17. The van der Waals surface area contributed by atoms with Crippen molar-refractivity contribution in [3.8, 4) is 17.2 Å². The molecule has 2 aliphatic rings. The minimum Gasteiger partial charge on any atom is -0.504 e. The van der Waals surface area contributed by atoms with Gasteiger partial charge in [-0.3, -0.25) is 9.59 Å². The van der Waals surface area contributed by atoms with E-state index < -0.39 is 23.2 Å². The third-order valence-corrected chi connectivity index (χ3v) is 6.01. The molecule has 3 rings (SSSR count). The van der Waals surface area contributed by atoms with Crippen molar-refractivity contribution in [1.82, 2.24) is 10.2 Å². The maximum Gasteiger partial charge on any atom is 0.251 e. The lowest BCUT2D eigenvalue weighted by Crippen LogP contribution is -2.46. The Hall–Kier alpha value is -2.44. The van der Waals surface area contributed by atoms with E-state index in [-0.39, 0.29) is 17.5 Å². The second-order valence-corrected chi connectivity index (χ2v) is 8.03. The van der Waals surface area contributed by atoms with Gasteiger partial charge in [0.05, 0.1) is 0 Å². The van der Waals surface area contributed by atoms with Gasteiger partial charge in [-0.25, -0.2) is 0 Å². The number of phenolic OH excluding ortho intramolecular Hbond substituents is 3. The molecule has 0 spiro atoms. The molecule has 1 aliphatic heterocycles. The zero-order chi connectivity index (χ0) is 20.1. The summed E-state index contributed by atoms with van der Waals surface area (Å²) in [5.74, 6) is -1.23. The van der Waals surface area contributed by atoms with E-state index in [9.17, 15) is 24.9 Å². The number of benzene rings is 1. The van der Waals surface area contributed by atoms with Gasteiger partial charge in [0.2, 0.25) is 5.91 Å². The largest absolute Gasteiger partial charge is 0.504 e. The van der Waals surface area contributed by atoms with Crippen molar-refractivity contribution in [3.63, 3.8) is 0 Å². The molecule has 1 saturated heterocycles. The summed E-state index contributed by atoms with van der Waals surface area (Å²) in [5, 5.41) is 31.3. The summed E-state index contributed by atoms with van der Waals surface area (Å²) >= 11 is 0. The van der Waals surface area contributed by atoms with Crippen LogP contribution in [0, 0.1) is 5.92 Å². The number of nitrogens with one attached hydrogen (secondary N) is 1. The summed E-state index contributed by atoms with van der Waals surface area (Å²) in [6, 6.07) is 2.18. The van der Waals surface area contributed by atoms with Crippen LogP contribution < -0.4 is 5.32 Å². The number of likely N-dealkylation sites (tertiary alicyclic amines) is 1. The van der Waals surface area contributed by atoms with Crippen molar-refractivity contribution in [1.29, 1.82) is 0 Å². The van der Waals surface area contributed by atoms with Gasteiger partial charge in [0.25, 0.3) is 5.91 Å². The van der Waals surface area contributed by atoms with E-state index in [0.29, 0.717) is 38.3 Å². The molecule has 7 nitrogen and oxygen atoms in total. The van der Waals surface area contributed by atoms with Crippen LogP contribution in [0.5, 0.6) is 17.2 Å². The molecule has 1 saturated carbocycles. The van der Waals surface area contributed by atoms with E-state index in [0.717, 1.165) is 18.6 Å². The molecule has 0 unspecified atom stereocenters. The van der Waals surface area contributed by atoms with Gasteiger partial charge in [-0.05, 0) is 37.3 Å². The quantitative estimate of drug-likeness (QED) is 0.578. The van der Waals surface area contributed by atoms with E-state index in [1.807, 2.05) is 4.90 Å². The monoisotopic (exact) mass is 390 g/mol. The molecule has 2 fully saturated rings. The SMILES string of the molecule is O=C(NC1CCN(C(=O)CCC2CCCCC2)CC1)c1cc(O)c(O)c(O)c1. The highest BCUT2D eigenvalue weighted by Crippen LogP contribution is 2.35. The Bertz CT molecular complexity index is 684. The highest BCUT2D eigenvalue weighted by molar-refractivity contribution is 5.95. The highest BCUT2D eigenvalue weighted by atomic mass is 16.3. The molecule has 2 amide bonds. The summed E-state index contributed by atoms with van der Waals surface area (Å²) in [6.45, 7) is 1.25. The topological polar surface area (TPSA) is 110 Å². The number of hydrogen-bond acceptors (Lipinski definition) is 5. The molecular weight excluding hydrogens is 360 g/mol. The first-order chi connectivity index (χ1) is 13.4. The van der Waals surface area contributed by atoms with E-state index in [1.54, 1.807) is 0 Å². The Balaban J connectivity index is 1.43. The van der Waals surface area contributed by atoms with E-state index >= 15 is 0 Å². The molecule has 28 heavy (non-hydrogen) atoms. The fourth-order valence-corrected chi connectivity index (χ4v) is 4.24. The van der Waals surface area contributed by atoms with Gasteiger partial charge < -0.3 is 25.5 Å². The lowest BCUT2D eigenvalue weighted by atomic mass is 9.86. The van der Waals surface area contributed by atoms with Crippen LogP contribution in [0.15, 0.2) is 12.1 Å². The van der Waals surface area contributed by atoms with Gasteiger partial charge in [-0.2, -0.15) is 0 Å². The number of carbonyl (C=O) groups is 2. The van der Waals surface area contributed by atoms with Gasteiger partial charge in [0.15, 0.2) is 17.2 Å². The Morgan fingerprint density at radius 2 is 1.57 bits per heavy atom. The van der Waals surface area contributed by atoms with Crippen LogP contribution in [-0.2, 0) is 4.79 Å². The first-order valence-electron chi connectivity index (χ1n) is 10.3. The summed E-state index contributed by atoms with van der Waals surface area (Å²) < 4.78 is 0. The van der Waals surface area contributed by atoms with Gasteiger partial charge in [0.1, 0.15) is 0 Å².